The maximum atomic E-state index is 12.7. The second-order valence-electron chi connectivity index (χ2n) is 9.86. The number of anilines is 1. The minimum Gasteiger partial charge on any atom is -0.307 e. The number of aryl methyl sites for hydroxylation is 2. The Morgan fingerprint density at radius 2 is 1.66 bits per heavy atom. The lowest BCUT2D eigenvalue weighted by molar-refractivity contribution is -0.0734. The van der Waals surface area contributed by atoms with E-state index in [1.807, 2.05) is 0 Å². The molecule has 5 rings (SSSR count). The van der Waals surface area contributed by atoms with E-state index in [1.54, 1.807) is 0 Å². The molecule has 0 bridgehead atoms. The van der Waals surface area contributed by atoms with E-state index in [1.165, 1.54) is 22.3 Å². The van der Waals surface area contributed by atoms with Gasteiger partial charge in [-0.05, 0) is 92.9 Å². The van der Waals surface area contributed by atoms with Crippen molar-refractivity contribution in [2.75, 3.05) is 18.4 Å². The number of fused-ring (bicyclic) bond motifs is 2. The van der Waals surface area contributed by atoms with Gasteiger partial charge in [-0.1, -0.05) is 6.07 Å². The van der Waals surface area contributed by atoms with Gasteiger partial charge < -0.3 is 5.32 Å². The molecule has 0 atom stereocenters. The van der Waals surface area contributed by atoms with Crippen molar-refractivity contribution < 1.29 is 13.2 Å². The van der Waals surface area contributed by atoms with Crippen molar-refractivity contribution in [1.29, 1.82) is 0 Å². The zero-order chi connectivity index (χ0) is 20.4. The number of hydrogen-bond acceptors (Lipinski definition) is 4. The third kappa shape index (κ3) is 3.26. The molecule has 158 valence electrons. The third-order valence-electron chi connectivity index (χ3n) is 7.51. The molecule has 2 fully saturated rings. The Morgan fingerprint density at radius 1 is 1.07 bits per heavy atom. The lowest BCUT2D eigenvalue weighted by atomic mass is 9.63. The van der Waals surface area contributed by atoms with Crippen LogP contribution in [0.25, 0.3) is 0 Å². The first-order valence-electron chi connectivity index (χ1n) is 11.0. The van der Waals surface area contributed by atoms with Gasteiger partial charge in [-0.3, -0.25) is 4.90 Å². The number of sulfonamides is 1. The summed E-state index contributed by atoms with van der Waals surface area (Å²) in [5.74, 6) is 0. The maximum Gasteiger partial charge on any atom is 0.332 e. The number of benzene rings is 1. The summed E-state index contributed by atoms with van der Waals surface area (Å²) in [5.41, 5.74) is 6.11. The second-order valence-corrected chi connectivity index (χ2v) is 11.8. The van der Waals surface area contributed by atoms with Crippen LogP contribution in [0.3, 0.4) is 0 Å². The molecule has 2 N–H and O–H groups in total. The van der Waals surface area contributed by atoms with Gasteiger partial charge in [0.05, 0.1) is 5.25 Å². The quantitative estimate of drug-likeness (QED) is 0.789. The lowest BCUT2D eigenvalue weighted by Crippen LogP contribution is -2.67. The molecule has 29 heavy (non-hydrogen) atoms. The highest BCUT2D eigenvalue weighted by atomic mass is 32.2. The van der Waals surface area contributed by atoms with Crippen molar-refractivity contribution in [2.45, 2.75) is 76.5 Å². The van der Waals surface area contributed by atoms with Crippen LogP contribution in [0.4, 0.5) is 10.5 Å². The summed E-state index contributed by atoms with van der Waals surface area (Å²) in [6.45, 7) is 6.29. The molecule has 4 aliphatic rings. The molecule has 7 heteroatoms. The summed E-state index contributed by atoms with van der Waals surface area (Å²) in [4.78, 5) is 15.0. The summed E-state index contributed by atoms with van der Waals surface area (Å²) in [6.07, 6.45) is 7.55. The first kappa shape index (κ1) is 19.4. The average molecular weight is 418 g/mol. The molecule has 1 aromatic carbocycles. The minimum absolute atomic E-state index is 0.154. The van der Waals surface area contributed by atoms with E-state index < -0.39 is 21.3 Å². The van der Waals surface area contributed by atoms with Gasteiger partial charge in [0.25, 0.3) is 0 Å². The van der Waals surface area contributed by atoms with Crippen LogP contribution in [0.15, 0.2) is 6.07 Å². The Bertz CT molecular complexity index is 924. The normalized spacial score (nSPS) is 22.9. The predicted molar refractivity (Wildman–Crippen MR) is 114 cm³/mol. The zero-order valence-corrected chi connectivity index (χ0v) is 18.2. The Balaban J connectivity index is 1.24. The Hall–Kier alpha value is -1.60. The second kappa shape index (κ2) is 6.71. The number of hydrogen-bond donors (Lipinski definition) is 2. The zero-order valence-electron chi connectivity index (χ0n) is 17.4. The minimum atomic E-state index is -3.64. The molecule has 6 nitrogen and oxygen atoms in total. The summed E-state index contributed by atoms with van der Waals surface area (Å²) in [6, 6.07) is 2.21. The van der Waals surface area contributed by atoms with Crippen molar-refractivity contribution in [1.82, 2.24) is 9.62 Å². The number of nitrogens with zero attached hydrogens (tertiary/aromatic N) is 1. The first-order valence-corrected chi connectivity index (χ1v) is 12.5. The fraction of sp³-hybridized carbons (Fsp3) is 0.682. The number of amides is 2. The van der Waals surface area contributed by atoms with E-state index in [0.29, 0.717) is 18.9 Å². The summed E-state index contributed by atoms with van der Waals surface area (Å²) < 4.78 is 27.8. The molecule has 1 aromatic rings. The molecule has 0 radical (unpaired) electrons. The molecule has 0 aromatic heterocycles. The van der Waals surface area contributed by atoms with Gasteiger partial charge in [-0.2, -0.15) is 0 Å². The number of likely N-dealkylation sites (tertiary alicyclic amines) is 1. The van der Waals surface area contributed by atoms with Gasteiger partial charge in [0, 0.05) is 24.8 Å². The van der Waals surface area contributed by atoms with Crippen LogP contribution in [0.5, 0.6) is 0 Å². The molecule has 1 saturated carbocycles. The highest BCUT2D eigenvalue weighted by molar-refractivity contribution is 7.90. The van der Waals surface area contributed by atoms with E-state index in [-0.39, 0.29) is 5.41 Å². The van der Waals surface area contributed by atoms with E-state index >= 15 is 0 Å². The van der Waals surface area contributed by atoms with E-state index in [0.717, 1.165) is 57.3 Å². The van der Waals surface area contributed by atoms with Crippen molar-refractivity contribution in [3.63, 3.8) is 0 Å². The smallest absolute Gasteiger partial charge is 0.307 e. The molecule has 3 aliphatic carbocycles. The number of urea groups is 1. The Kier molecular flexibility index (Phi) is 4.48. The molecule has 1 spiro atoms. The fourth-order valence-electron chi connectivity index (χ4n) is 5.88. The molecular weight excluding hydrogens is 386 g/mol. The monoisotopic (exact) mass is 417 g/mol. The number of rotatable bonds is 4. The van der Waals surface area contributed by atoms with Crippen molar-refractivity contribution >= 4 is 21.7 Å². The molecule has 0 unspecified atom stereocenters. The topological polar surface area (TPSA) is 78.5 Å². The van der Waals surface area contributed by atoms with Gasteiger partial charge in [0.2, 0.25) is 10.0 Å². The van der Waals surface area contributed by atoms with Crippen LogP contribution in [0.1, 0.15) is 61.8 Å². The SMILES string of the molecule is CC(C)N1CC2(CC(S(=O)(=O)NC(=O)Nc3c4c(cc5c3CCC5)CCC4)C2)C1. The summed E-state index contributed by atoms with van der Waals surface area (Å²) in [5, 5.41) is 2.49. The highest BCUT2D eigenvalue weighted by Gasteiger charge is 2.56. The molecule has 2 amide bonds. The van der Waals surface area contributed by atoms with Gasteiger partial charge in [-0.25, -0.2) is 17.9 Å². The highest BCUT2D eigenvalue weighted by Crippen LogP contribution is 2.51. The lowest BCUT2D eigenvalue weighted by Gasteiger charge is -2.59. The molecular formula is C22H31N3O3S. The van der Waals surface area contributed by atoms with Crippen LogP contribution in [0, 0.1) is 5.41 Å². The van der Waals surface area contributed by atoms with Crippen LogP contribution < -0.4 is 10.0 Å². The Labute approximate surface area is 173 Å². The summed E-state index contributed by atoms with van der Waals surface area (Å²) >= 11 is 0. The molecule has 1 saturated heterocycles. The van der Waals surface area contributed by atoms with Crippen LogP contribution >= 0.6 is 0 Å². The Morgan fingerprint density at radius 3 is 2.21 bits per heavy atom. The van der Waals surface area contributed by atoms with Crippen molar-refractivity contribution in [3.8, 4) is 0 Å². The van der Waals surface area contributed by atoms with Crippen LogP contribution in [-0.4, -0.2) is 43.7 Å². The van der Waals surface area contributed by atoms with Gasteiger partial charge in [-0.15, -0.1) is 0 Å². The average Bonchev–Trinajstić information content (AvgIpc) is 3.19. The largest absolute Gasteiger partial charge is 0.332 e. The van der Waals surface area contributed by atoms with Gasteiger partial charge >= 0.3 is 6.03 Å². The fourth-order valence-corrected chi connectivity index (χ4v) is 7.51. The van der Waals surface area contributed by atoms with Gasteiger partial charge in [0.1, 0.15) is 0 Å². The van der Waals surface area contributed by atoms with Crippen molar-refractivity contribution in [2.24, 2.45) is 5.41 Å². The van der Waals surface area contributed by atoms with E-state index in [2.05, 4.69) is 34.9 Å². The maximum absolute atomic E-state index is 12.7. The van der Waals surface area contributed by atoms with Crippen LogP contribution in [0.2, 0.25) is 0 Å². The van der Waals surface area contributed by atoms with Crippen LogP contribution in [-0.2, 0) is 35.7 Å². The molecule has 1 heterocycles. The third-order valence-corrected chi connectivity index (χ3v) is 9.19. The number of carbonyl (C=O) groups excluding carboxylic acids is 1. The standard InChI is InChI=1S/C22H31N3O3S/c1-14(2)25-12-22(13-25)10-17(11-22)29(27,28)24-21(26)23-20-18-7-3-5-15(18)9-16-6-4-8-19(16)20/h9,14,17H,3-8,10-13H2,1-2H3,(H2,23,24,26). The van der Waals surface area contributed by atoms with Crippen molar-refractivity contribution in [3.05, 3.63) is 28.3 Å². The first-order chi connectivity index (χ1) is 13.8. The number of nitrogens with one attached hydrogen (secondary N) is 2. The van der Waals surface area contributed by atoms with E-state index in [4.69, 9.17) is 0 Å². The molecule has 1 aliphatic heterocycles. The number of carbonyl (C=O) groups is 1. The summed E-state index contributed by atoms with van der Waals surface area (Å²) in [7, 11) is -3.64. The van der Waals surface area contributed by atoms with Gasteiger partial charge in [0.15, 0.2) is 0 Å². The van der Waals surface area contributed by atoms with E-state index in [9.17, 15) is 13.2 Å². The predicted octanol–water partition coefficient (Wildman–Crippen LogP) is 2.99.